The van der Waals surface area contributed by atoms with Crippen LogP contribution in [0, 0.1) is 0 Å². The lowest BCUT2D eigenvalue weighted by molar-refractivity contribution is -0.163. The Morgan fingerprint density at radius 1 is 0.348 bits per heavy atom. The third kappa shape index (κ3) is 53.2. The summed E-state index contributed by atoms with van der Waals surface area (Å²) in [5, 5.41) is 0. The van der Waals surface area contributed by atoms with Gasteiger partial charge in [0.1, 0.15) is 6.61 Å². The van der Waals surface area contributed by atoms with Crippen LogP contribution in [0.15, 0.2) is 109 Å². The first-order chi connectivity index (χ1) is 32.6. The summed E-state index contributed by atoms with van der Waals surface area (Å²) in [7, 11) is 0. The number of unbranched alkanes of at least 4 members (excludes halogenated alkanes) is 20. The summed E-state index contributed by atoms with van der Waals surface area (Å²) in [6, 6.07) is 0. The Bertz CT molecular complexity index is 1310. The highest BCUT2D eigenvalue weighted by molar-refractivity contribution is 5.70. The molecule has 1 atom stereocenters. The van der Waals surface area contributed by atoms with Gasteiger partial charge in [-0.1, -0.05) is 220 Å². The van der Waals surface area contributed by atoms with Crippen LogP contribution >= 0.6 is 0 Å². The van der Waals surface area contributed by atoms with Crippen molar-refractivity contribution in [2.24, 2.45) is 0 Å². The Balaban J connectivity index is 4.40. The molecule has 376 valence electrons. The molecule has 0 N–H and O–H groups in total. The molecule has 0 saturated heterocycles. The fourth-order valence-electron chi connectivity index (χ4n) is 7.26. The first-order valence-corrected chi connectivity index (χ1v) is 27.4. The standard InChI is InChI=1S/C61H102O5/c1-4-7-10-13-16-19-22-25-28-30-32-35-38-41-44-47-50-53-56-64-57-59(66-61(63)55-52-49-46-43-40-37-33-27-24-21-18-15-12-9-6-3)58-65-60(62)54-51-48-45-42-39-36-34-31-29-26-23-20-17-14-11-8-5-2/h8-9,11-12,17-18,20-21,25-29,33-34,36,42,45,59H,4-7,10,13-16,19,22-24,30-32,35,37-41,43-44,46-58H2,1-3H3/b11-8-,12-9-,20-17-,21-18-,28-25-,29-26-,33-27-,36-34-,45-42-. The Hall–Kier alpha value is -3.44. The van der Waals surface area contributed by atoms with Crippen LogP contribution in [0.3, 0.4) is 0 Å². The predicted octanol–water partition coefficient (Wildman–Crippen LogP) is 18.8. The molecule has 0 rings (SSSR count). The number of rotatable bonds is 49. The van der Waals surface area contributed by atoms with Crippen LogP contribution in [0.4, 0.5) is 0 Å². The Kier molecular flexibility index (Phi) is 53.0. The fourth-order valence-corrected chi connectivity index (χ4v) is 7.26. The number of allylic oxidation sites excluding steroid dienone is 18. The van der Waals surface area contributed by atoms with E-state index in [-0.39, 0.29) is 25.2 Å². The van der Waals surface area contributed by atoms with Gasteiger partial charge in [0.25, 0.3) is 0 Å². The predicted molar refractivity (Wildman–Crippen MR) is 288 cm³/mol. The molecule has 5 heteroatoms. The molecular formula is C61H102O5. The molecular weight excluding hydrogens is 813 g/mol. The van der Waals surface area contributed by atoms with Crippen molar-refractivity contribution in [1.82, 2.24) is 0 Å². The SMILES string of the molecule is CC/C=C\C/C=C\C/C=C\C/C=C\C/C=C\CCCC(=O)OCC(COCCCCCCCCCC/C=C\CCCCCCCC)OC(=O)CCCCCCC/C=C\C/C=C\C/C=C\CC. The number of hydrogen-bond acceptors (Lipinski definition) is 5. The van der Waals surface area contributed by atoms with Gasteiger partial charge in [-0.3, -0.25) is 9.59 Å². The van der Waals surface area contributed by atoms with E-state index in [0.717, 1.165) is 103 Å². The van der Waals surface area contributed by atoms with Gasteiger partial charge in [0.05, 0.1) is 6.61 Å². The molecule has 0 aromatic carbocycles. The van der Waals surface area contributed by atoms with Crippen molar-refractivity contribution < 1.29 is 23.8 Å². The zero-order valence-corrected chi connectivity index (χ0v) is 43.2. The summed E-state index contributed by atoms with van der Waals surface area (Å²) < 4.78 is 17.4. The lowest BCUT2D eigenvalue weighted by Crippen LogP contribution is -2.30. The van der Waals surface area contributed by atoms with Crippen molar-refractivity contribution in [3.63, 3.8) is 0 Å². The molecule has 0 saturated carbocycles. The third-order valence-electron chi connectivity index (χ3n) is 11.3. The molecule has 1 unspecified atom stereocenters. The van der Waals surface area contributed by atoms with E-state index in [4.69, 9.17) is 14.2 Å². The summed E-state index contributed by atoms with van der Waals surface area (Å²) in [6.07, 6.45) is 76.8. The summed E-state index contributed by atoms with van der Waals surface area (Å²) in [6.45, 7) is 7.52. The van der Waals surface area contributed by atoms with E-state index in [9.17, 15) is 9.59 Å². The van der Waals surface area contributed by atoms with Gasteiger partial charge >= 0.3 is 11.9 Å². The molecule has 0 heterocycles. The number of hydrogen-bond donors (Lipinski definition) is 0. The van der Waals surface area contributed by atoms with E-state index in [1.165, 1.54) is 103 Å². The van der Waals surface area contributed by atoms with Gasteiger partial charge in [-0.15, -0.1) is 0 Å². The van der Waals surface area contributed by atoms with Crippen molar-refractivity contribution in [2.45, 2.75) is 245 Å². The molecule has 5 nitrogen and oxygen atoms in total. The minimum absolute atomic E-state index is 0.0420. The Morgan fingerprint density at radius 2 is 0.697 bits per heavy atom. The summed E-state index contributed by atoms with van der Waals surface area (Å²) in [5.41, 5.74) is 0. The average Bonchev–Trinajstić information content (AvgIpc) is 3.32. The number of ether oxygens (including phenoxy) is 3. The molecule has 0 amide bonds. The highest BCUT2D eigenvalue weighted by Crippen LogP contribution is 2.13. The topological polar surface area (TPSA) is 61.8 Å². The first kappa shape index (κ1) is 62.6. The summed E-state index contributed by atoms with van der Waals surface area (Å²) in [4.78, 5) is 25.4. The zero-order valence-electron chi connectivity index (χ0n) is 43.2. The molecule has 0 radical (unpaired) electrons. The van der Waals surface area contributed by atoms with Gasteiger partial charge in [-0.25, -0.2) is 0 Å². The maximum absolute atomic E-state index is 12.8. The van der Waals surface area contributed by atoms with Crippen LogP contribution in [0.25, 0.3) is 0 Å². The molecule has 66 heavy (non-hydrogen) atoms. The molecule has 0 aliphatic rings. The van der Waals surface area contributed by atoms with Crippen molar-refractivity contribution >= 4 is 11.9 Å². The highest BCUT2D eigenvalue weighted by atomic mass is 16.6. The van der Waals surface area contributed by atoms with E-state index in [1.54, 1.807) is 0 Å². The maximum Gasteiger partial charge on any atom is 0.306 e. The summed E-state index contributed by atoms with van der Waals surface area (Å²) in [5.74, 6) is -0.488. The van der Waals surface area contributed by atoms with Crippen LogP contribution in [-0.4, -0.2) is 37.9 Å². The number of carbonyl (C=O) groups excluding carboxylic acids is 2. The largest absolute Gasteiger partial charge is 0.462 e. The maximum atomic E-state index is 12.8. The fraction of sp³-hybridized carbons (Fsp3) is 0.672. The molecule has 0 bridgehead atoms. The van der Waals surface area contributed by atoms with Crippen LogP contribution in [0.1, 0.15) is 239 Å². The second-order valence-corrected chi connectivity index (χ2v) is 17.7. The Morgan fingerprint density at radius 3 is 1.15 bits per heavy atom. The minimum atomic E-state index is -0.577. The lowest BCUT2D eigenvalue weighted by atomic mass is 10.1. The lowest BCUT2D eigenvalue weighted by Gasteiger charge is -2.18. The minimum Gasteiger partial charge on any atom is -0.462 e. The molecule has 0 aliphatic carbocycles. The van der Waals surface area contributed by atoms with Gasteiger partial charge in [0.15, 0.2) is 6.10 Å². The van der Waals surface area contributed by atoms with E-state index in [1.807, 2.05) is 0 Å². The normalized spacial score (nSPS) is 13.1. The molecule has 0 fully saturated rings. The second-order valence-electron chi connectivity index (χ2n) is 17.7. The van der Waals surface area contributed by atoms with E-state index >= 15 is 0 Å². The van der Waals surface area contributed by atoms with E-state index in [2.05, 4.69) is 130 Å². The van der Waals surface area contributed by atoms with Crippen LogP contribution < -0.4 is 0 Å². The van der Waals surface area contributed by atoms with E-state index < -0.39 is 6.10 Å². The zero-order chi connectivity index (χ0) is 47.7. The first-order valence-electron chi connectivity index (χ1n) is 27.4. The molecule has 0 aromatic rings. The van der Waals surface area contributed by atoms with Gasteiger partial charge in [-0.05, 0) is 116 Å². The second kappa shape index (κ2) is 55.9. The number of esters is 2. The Labute approximate surface area is 408 Å². The van der Waals surface area contributed by atoms with Crippen molar-refractivity contribution in [2.75, 3.05) is 19.8 Å². The smallest absolute Gasteiger partial charge is 0.306 e. The van der Waals surface area contributed by atoms with Gasteiger partial charge in [0, 0.05) is 19.4 Å². The molecule has 0 aromatic heterocycles. The van der Waals surface area contributed by atoms with Gasteiger partial charge in [0.2, 0.25) is 0 Å². The van der Waals surface area contributed by atoms with E-state index in [0.29, 0.717) is 19.4 Å². The summed E-state index contributed by atoms with van der Waals surface area (Å²) >= 11 is 0. The average molecular weight is 915 g/mol. The molecule has 0 spiro atoms. The van der Waals surface area contributed by atoms with Crippen molar-refractivity contribution in [1.29, 1.82) is 0 Å². The highest BCUT2D eigenvalue weighted by Gasteiger charge is 2.17. The van der Waals surface area contributed by atoms with Crippen LogP contribution in [-0.2, 0) is 23.8 Å². The van der Waals surface area contributed by atoms with Crippen molar-refractivity contribution in [3.8, 4) is 0 Å². The van der Waals surface area contributed by atoms with Gasteiger partial charge < -0.3 is 14.2 Å². The number of carbonyl (C=O) groups is 2. The third-order valence-corrected chi connectivity index (χ3v) is 11.3. The van der Waals surface area contributed by atoms with Crippen molar-refractivity contribution in [3.05, 3.63) is 109 Å². The monoisotopic (exact) mass is 915 g/mol. The quantitative estimate of drug-likeness (QED) is 0.0346. The van der Waals surface area contributed by atoms with Crippen LogP contribution in [0.5, 0.6) is 0 Å². The van der Waals surface area contributed by atoms with Crippen LogP contribution in [0.2, 0.25) is 0 Å². The molecule has 0 aliphatic heterocycles. The van der Waals surface area contributed by atoms with Gasteiger partial charge in [-0.2, -0.15) is 0 Å².